The molecule has 32 heavy (non-hydrogen) atoms. The molecule has 0 saturated carbocycles. The first-order valence-corrected chi connectivity index (χ1v) is 10.9. The normalized spacial score (nSPS) is 20.3. The van der Waals surface area contributed by atoms with Gasteiger partial charge in [-0.25, -0.2) is 9.97 Å². The van der Waals surface area contributed by atoms with Crippen molar-refractivity contribution < 1.29 is 19.1 Å². The zero-order chi connectivity index (χ0) is 22.7. The van der Waals surface area contributed by atoms with Crippen molar-refractivity contribution in [1.29, 1.82) is 0 Å². The SMILES string of the molecule is CNC(=O)[C@@H]1CN(C(=O)c2cccc(OC)c2OC)C[C@H]1c1ccnc(N2CCCC2)n1. The molecule has 1 aromatic carbocycles. The molecule has 0 radical (unpaired) electrons. The van der Waals surface area contributed by atoms with Gasteiger partial charge in [0.25, 0.3) is 5.91 Å². The molecule has 0 bridgehead atoms. The minimum Gasteiger partial charge on any atom is -0.493 e. The molecule has 2 saturated heterocycles. The fourth-order valence-corrected chi connectivity index (χ4v) is 4.58. The number of methoxy groups -OCH3 is 2. The van der Waals surface area contributed by atoms with E-state index in [-0.39, 0.29) is 17.7 Å². The van der Waals surface area contributed by atoms with Gasteiger partial charge in [-0.2, -0.15) is 0 Å². The van der Waals surface area contributed by atoms with E-state index < -0.39 is 5.92 Å². The summed E-state index contributed by atoms with van der Waals surface area (Å²) in [6.07, 6.45) is 4.00. The van der Waals surface area contributed by atoms with Gasteiger partial charge in [0.2, 0.25) is 11.9 Å². The van der Waals surface area contributed by atoms with Gasteiger partial charge in [0, 0.05) is 45.3 Å². The first-order valence-electron chi connectivity index (χ1n) is 10.9. The summed E-state index contributed by atoms with van der Waals surface area (Å²) in [5.41, 5.74) is 1.19. The number of hydrogen-bond acceptors (Lipinski definition) is 7. The van der Waals surface area contributed by atoms with E-state index in [4.69, 9.17) is 14.5 Å². The topological polar surface area (TPSA) is 96.9 Å². The number of aromatic nitrogens is 2. The molecule has 4 rings (SSSR count). The number of benzene rings is 1. The summed E-state index contributed by atoms with van der Waals surface area (Å²) in [6, 6.07) is 7.06. The third-order valence-electron chi connectivity index (χ3n) is 6.26. The average molecular weight is 440 g/mol. The van der Waals surface area contributed by atoms with Crippen LogP contribution < -0.4 is 19.7 Å². The van der Waals surface area contributed by atoms with Crippen LogP contribution >= 0.6 is 0 Å². The van der Waals surface area contributed by atoms with Gasteiger partial charge >= 0.3 is 0 Å². The Bertz CT molecular complexity index is 992. The van der Waals surface area contributed by atoms with Crippen molar-refractivity contribution in [2.75, 3.05) is 52.3 Å². The maximum absolute atomic E-state index is 13.4. The van der Waals surface area contributed by atoms with E-state index in [9.17, 15) is 9.59 Å². The van der Waals surface area contributed by atoms with Crippen molar-refractivity contribution in [1.82, 2.24) is 20.2 Å². The summed E-state index contributed by atoms with van der Waals surface area (Å²) in [7, 11) is 4.66. The molecule has 2 atom stereocenters. The smallest absolute Gasteiger partial charge is 0.257 e. The molecule has 3 heterocycles. The largest absolute Gasteiger partial charge is 0.493 e. The minimum atomic E-state index is -0.401. The van der Waals surface area contributed by atoms with E-state index >= 15 is 0 Å². The van der Waals surface area contributed by atoms with E-state index in [1.54, 1.807) is 36.3 Å². The number of ether oxygens (including phenoxy) is 2. The van der Waals surface area contributed by atoms with Crippen LogP contribution in [-0.4, -0.2) is 74.1 Å². The number of para-hydroxylation sites is 1. The number of carbonyl (C=O) groups excluding carboxylic acids is 2. The molecule has 2 aromatic rings. The number of rotatable bonds is 6. The average Bonchev–Trinajstić information content (AvgIpc) is 3.53. The van der Waals surface area contributed by atoms with Gasteiger partial charge in [-0.05, 0) is 31.0 Å². The van der Waals surface area contributed by atoms with Gasteiger partial charge in [-0.1, -0.05) is 6.07 Å². The zero-order valence-electron chi connectivity index (χ0n) is 18.7. The van der Waals surface area contributed by atoms with Crippen molar-refractivity contribution in [3.63, 3.8) is 0 Å². The van der Waals surface area contributed by atoms with Gasteiger partial charge in [0.05, 0.1) is 31.4 Å². The molecule has 0 spiro atoms. The van der Waals surface area contributed by atoms with Crippen LogP contribution in [0, 0.1) is 5.92 Å². The van der Waals surface area contributed by atoms with Gasteiger partial charge in [0.1, 0.15) is 0 Å². The highest BCUT2D eigenvalue weighted by atomic mass is 16.5. The Hall–Kier alpha value is -3.36. The summed E-state index contributed by atoms with van der Waals surface area (Å²) in [5.74, 6) is 0.633. The van der Waals surface area contributed by atoms with E-state index in [1.807, 2.05) is 6.07 Å². The van der Waals surface area contributed by atoms with Gasteiger partial charge in [-0.3, -0.25) is 9.59 Å². The molecule has 0 unspecified atom stereocenters. The second-order valence-electron chi connectivity index (χ2n) is 8.05. The Kier molecular flexibility index (Phi) is 6.43. The van der Waals surface area contributed by atoms with E-state index in [0.717, 1.165) is 31.6 Å². The number of carbonyl (C=O) groups is 2. The lowest BCUT2D eigenvalue weighted by Gasteiger charge is -2.20. The van der Waals surface area contributed by atoms with E-state index in [1.165, 1.54) is 14.2 Å². The second-order valence-corrected chi connectivity index (χ2v) is 8.05. The lowest BCUT2D eigenvalue weighted by atomic mass is 9.92. The first-order chi connectivity index (χ1) is 15.6. The van der Waals surface area contributed by atoms with Crippen LogP contribution in [0.2, 0.25) is 0 Å². The maximum atomic E-state index is 13.4. The molecule has 2 aliphatic heterocycles. The highest BCUT2D eigenvalue weighted by molar-refractivity contribution is 5.98. The minimum absolute atomic E-state index is 0.107. The van der Waals surface area contributed by atoms with E-state index in [0.29, 0.717) is 36.1 Å². The van der Waals surface area contributed by atoms with Gasteiger partial charge < -0.3 is 24.6 Å². The van der Waals surface area contributed by atoms with Crippen LogP contribution in [0.3, 0.4) is 0 Å². The van der Waals surface area contributed by atoms with Crippen molar-refractivity contribution in [2.24, 2.45) is 5.92 Å². The summed E-state index contributed by atoms with van der Waals surface area (Å²) < 4.78 is 10.8. The number of amides is 2. The third-order valence-corrected chi connectivity index (χ3v) is 6.26. The molecule has 2 aliphatic rings. The molecule has 9 heteroatoms. The van der Waals surface area contributed by atoms with Crippen LogP contribution in [0.15, 0.2) is 30.5 Å². The molecular formula is C23H29N5O4. The molecule has 170 valence electrons. The number of nitrogens with zero attached hydrogens (tertiary/aromatic N) is 4. The quantitative estimate of drug-likeness (QED) is 0.732. The monoisotopic (exact) mass is 439 g/mol. The van der Waals surface area contributed by atoms with Crippen LogP contribution in [0.1, 0.15) is 34.8 Å². The van der Waals surface area contributed by atoms with Crippen LogP contribution in [0.5, 0.6) is 11.5 Å². The molecule has 1 aromatic heterocycles. The molecule has 2 amide bonds. The lowest BCUT2D eigenvalue weighted by molar-refractivity contribution is -0.124. The Labute approximate surface area is 187 Å². The Morgan fingerprint density at radius 1 is 1.09 bits per heavy atom. The predicted molar refractivity (Wildman–Crippen MR) is 119 cm³/mol. The Balaban J connectivity index is 1.63. The summed E-state index contributed by atoms with van der Waals surface area (Å²) in [4.78, 5) is 39.2. The van der Waals surface area contributed by atoms with Crippen molar-refractivity contribution in [3.8, 4) is 11.5 Å². The molecule has 9 nitrogen and oxygen atoms in total. The number of hydrogen-bond donors (Lipinski definition) is 1. The number of likely N-dealkylation sites (tertiary alicyclic amines) is 1. The van der Waals surface area contributed by atoms with Gasteiger partial charge in [0.15, 0.2) is 11.5 Å². The first kappa shape index (κ1) is 21.9. The maximum Gasteiger partial charge on any atom is 0.257 e. The predicted octanol–water partition coefficient (Wildman–Crippen LogP) is 1.70. The lowest BCUT2D eigenvalue weighted by Crippen LogP contribution is -2.34. The Morgan fingerprint density at radius 2 is 1.88 bits per heavy atom. The fourth-order valence-electron chi connectivity index (χ4n) is 4.58. The summed E-state index contributed by atoms with van der Waals surface area (Å²) in [5, 5.41) is 2.74. The third kappa shape index (κ3) is 4.06. The van der Waals surface area contributed by atoms with Crippen LogP contribution in [-0.2, 0) is 4.79 Å². The van der Waals surface area contributed by atoms with Gasteiger partial charge in [-0.15, -0.1) is 0 Å². The Morgan fingerprint density at radius 3 is 2.56 bits per heavy atom. The molecular weight excluding hydrogens is 410 g/mol. The summed E-state index contributed by atoms with van der Waals surface area (Å²) >= 11 is 0. The molecule has 1 N–H and O–H groups in total. The zero-order valence-corrected chi connectivity index (χ0v) is 18.7. The van der Waals surface area contributed by atoms with Crippen LogP contribution in [0.4, 0.5) is 5.95 Å². The highest BCUT2D eigenvalue weighted by Gasteiger charge is 2.42. The van der Waals surface area contributed by atoms with Crippen LogP contribution in [0.25, 0.3) is 0 Å². The number of nitrogens with one attached hydrogen (secondary N) is 1. The molecule has 2 fully saturated rings. The van der Waals surface area contributed by atoms with Crippen molar-refractivity contribution in [3.05, 3.63) is 41.7 Å². The number of anilines is 1. The van der Waals surface area contributed by atoms with Crippen molar-refractivity contribution in [2.45, 2.75) is 18.8 Å². The fraction of sp³-hybridized carbons (Fsp3) is 0.478. The highest BCUT2D eigenvalue weighted by Crippen LogP contribution is 2.36. The van der Waals surface area contributed by atoms with Crippen molar-refractivity contribution >= 4 is 17.8 Å². The molecule has 0 aliphatic carbocycles. The summed E-state index contributed by atoms with van der Waals surface area (Å²) in [6.45, 7) is 2.56. The standard InChI is InChI=1S/C23H29N5O4/c1-24-21(29)17-14-28(22(30)15-7-6-8-19(31-2)20(15)32-3)13-16(17)18-9-10-25-23(26-18)27-11-4-5-12-27/h6-10,16-17H,4-5,11-14H2,1-3H3,(H,24,29)/t16-,17-/m1/s1. The second kappa shape index (κ2) is 9.42. The van der Waals surface area contributed by atoms with E-state index in [2.05, 4.69) is 15.2 Å².